The van der Waals surface area contributed by atoms with Gasteiger partial charge in [-0.05, 0) is 60.0 Å². The van der Waals surface area contributed by atoms with Crippen LogP contribution in [0.1, 0.15) is 36.5 Å². The Bertz CT molecular complexity index is 1040. The largest absolute Gasteiger partial charge is 0.506 e. The Morgan fingerprint density at radius 3 is 2.63 bits per heavy atom. The quantitative estimate of drug-likeness (QED) is 0.510. The highest BCUT2D eigenvalue weighted by atomic mass is 35.5. The van der Waals surface area contributed by atoms with Crippen molar-refractivity contribution in [3.8, 4) is 11.5 Å². The molecular weight excluding hydrogens is 445 g/mol. The maximum absolute atomic E-state index is 12.7. The van der Waals surface area contributed by atoms with Gasteiger partial charge in [0.15, 0.2) is 0 Å². The molecule has 0 spiro atoms. The van der Waals surface area contributed by atoms with E-state index in [1.54, 1.807) is 0 Å². The van der Waals surface area contributed by atoms with Gasteiger partial charge in [-0.15, -0.1) is 0 Å². The smallest absolute Gasteiger partial charge is 0.293 e. The Hall–Kier alpha value is -2.15. The molecule has 1 heterocycles. The van der Waals surface area contributed by atoms with Crippen LogP contribution in [-0.2, 0) is 4.79 Å². The first kappa shape index (κ1) is 22.5. The highest BCUT2D eigenvalue weighted by Crippen LogP contribution is 2.37. The number of aromatic hydroxyl groups is 1. The van der Waals surface area contributed by atoms with E-state index in [-0.39, 0.29) is 40.3 Å². The van der Waals surface area contributed by atoms with Crippen LogP contribution < -0.4 is 4.74 Å². The molecule has 1 aliphatic heterocycles. The number of phenolic OH excluding ortho intramolecular Hbond substituents is 1. The Morgan fingerprint density at radius 2 is 1.93 bits per heavy atom. The van der Waals surface area contributed by atoms with E-state index in [1.165, 1.54) is 18.2 Å². The SMILES string of the molecule is Cc1ccc(C(C)C)c(OCCN2C(=O)S/C(=C\c3cc(Cl)cc(Cl)c3O)C2=O)c1. The molecule has 0 aromatic heterocycles. The standard InChI is InChI=1S/C22H21Cl2NO4S/c1-12(2)16-5-4-13(3)8-18(16)29-7-6-25-21(27)19(30-22(25)28)10-14-9-15(23)11-17(24)20(14)26/h4-5,8-12,26H,6-7H2,1-3H3/b19-10-. The van der Waals surface area contributed by atoms with Crippen molar-refractivity contribution < 1.29 is 19.4 Å². The number of halogens is 2. The maximum atomic E-state index is 12.7. The number of aryl methyl sites for hydroxylation is 1. The van der Waals surface area contributed by atoms with Crippen molar-refractivity contribution in [3.05, 3.63) is 62.0 Å². The second-order valence-electron chi connectivity index (χ2n) is 7.20. The molecule has 1 N–H and O–H groups in total. The molecule has 0 atom stereocenters. The first-order chi connectivity index (χ1) is 14.2. The van der Waals surface area contributed by atoms with Crippen LogP contribution in [0.2, 0.25) is 10.0 Å². The molecule has 5 nitrogen and oxygen atoms in total. The van der Waals surface area contributed by atoms with Gasteiger partial charge in [-0.2, -0.15) is 0 Å². The summed E-state index contributed by atoms with van der Waals surface area (Å²) in [5.41, 5.74) is 2.42. The summed E-state index contributed by atoms with van der Waals surface area (Å²) in [5, 5.41) is 10.1. The minimum absolute atomic E-state index is 0.0699. The first-order valence-corrected chi connectivity index (χ1v) is 10.9. The highest BCUT2D eigenvalue weighted by Gasteiger charge is 2.35. The predicted molar refractivity (Wildman–Crippen MR) is 122 cm³/mol. The zero-order chi connectivity index (χ0) is 22.0. The Kier molecular flexibility index (Phi) is 7.01. The lowest BCUT2D eigenvalue weighted by Gasteiger charge is -2.17. The Labute approximate surface area is 189 Å². The fourth-order valence-corrected chi connectivity index (χ4v) is 4.39. The molecular formula is C22H21Cl2NO4S. The van der Waals surface area contributed by atoms with E-state index in [0.717, 1.165) is 33.5 Å². The molecule has 0 unspecified atom stereocenters. The predicted octanol–water partition coefficient (Wildman–Crippen LogP) is 6.25. The van der Waals surface area contributed by atoms with E-state index in [0.29, 0.717) is 5.02 Å². The molecule has 1 fully saturated rings. The number of nitrogens with zero attached hydrogens (tertiary/aromatic N) is 1. The molecule has 8 heteroatoms. The summed E-state index contributed by atoms with van der Waals surface area (Å²) >= 11 is 12.7. The Morgan fingerprint density at radius 1 is 1.20 bits per heavy atom. The second kappa shape index (κ2) is 9.33. The lowest BCUT2D eigenvalue weighted by molar-refractivity contribution is -0.123. The van der Waals surface area contributed by atoms with Crippen LogP contribution in [-0.4, -0.2) is 34.3 Å². The van der Waals surface area contributed by atoms with Gasteiger partial charge >= 0.3 is 0 Å². The summed E-state index contributed by atoms with van der Waals surface area (Å²) < 4.78 is 5.89. The number of amides is 2. The molecule has 0 bridgehead atoms. The number of ether oxygens (including phenoxy) is 1. The summed E-state index contributed by atoms with van der Waals surface area (Å²) in [5.74, 6) is 0.401. The summed E-state index contributed by atoms with van der Waals surface area (Å²) in [6.07, 6.45) is 1.41. The molecule has 30 heavy (non-hydrogen) atoms. The molecule has 158 valence electrons. The maximum Gasteiger partial charge on any atom is 0.293 e. The van der Waals surface area contributed by atoms with Gasteiger partial charge in [0.05, 0.1) is 16.5 Å². The number of carbonyl (C=O) groups excluding carboxylic acids is 2. The lowest BCUT2D eigenvalue weighted by Crippen LogP contribution is -2.32. The zero-order valence-corrected chi connectivity index (χ0v) is 19.1. The van der Waals surface area contributed by atoms with E-state index < -0.39 is 11.1 Å². The molecule has 2 aromatic rings. The van der Waals surface area contributed by atoms with Crippen LogP contribution in [0, 0.1) is 6.92 Å². The summed E-state index contributed by atoms with van der Waals surface area (Å²) in [6, 6.07) is 8.89. The summed E-state index contributed by atoms with van der Waals surface area (Å²) in [6.45, 7) is 6.45. The van der Waals surface area contributed by atoms with E-state index in [9.17, 15) is 14.7 Å². The number of benzene rings is 2. The van der Waals surface area contributed by atoms with Gasteiger partial charge in [-0.25, -0.2) is 0 Å². The minimum Gasteiger partial charge on any atom is -0.506 e. The summed E-state index contributed by atoms with van der Waals surface area (Å²) in [4.78, 5) is 26.3. The van der Waals surface area contributed by atoms with Crippen molar-refractivity contribution in [1.29, 1.82) is 0 Å². The van der Waals surface area contributed by atoms with Crippen LogP contribution in [0.15, 0.2) is 35.2 Å². The van der Waals surface area contributed by atoms with E-state index in [2.05, 4.69) is 13.8 Å². The fourth-order valence-electron chi connectivity index (χ4n) is 3.02. The molecule has 0 aliphatic carbocycles. The third-order valence-corrected chi connectivity index (χ3v) is 6.00. The average molecular weight is 466 g/mol. The number of imide groups is 1. The average Bonchev–Trinajstić information content (AvgIpc) is 2.93. The van der Waals surface area contributed by atoms with Crippen molar-refractivity contribution >= 4 is 52.2 Å². The van der Waals surface area contributed by atoms with Crippen molar-refractivity contribution in [2.75, 3.05) is 13.2 Å². The molecule has 3 rings (SSSR count). The minimum atomic E-state index is -0.447. The zero-order valence-electron chi connectivity index (χ0n) is 16.7. The first-order valence-electron chi connectivity index (χ1n) is 9.34. The summed E-state index contributed by atoms with van der Waals surface area (Å²) in [7, 11) is 0. The van der Waals surface area contributed by atoms with Gasteiger partial charge < -0.3 is 9.84 Å². The number of hydrogen-bond donors (Lipinski definition) is 1. The van der Waals surface area contributed by atoms with E-state index >= 15 is 0 Å². The van der Waals surface area contributed by atoms with Gasteiger partial charge in [0.25, 0.3) is 11.1 Å². The van der Waals surface area contributed by atoms with Crippen molar-refractivity contribution in [3.63, 3.8) is 0 Å². The molecule has 1 aliphatic rings. The highest BCUT2D eigenvalue weighted by molar-refractivity contribution is 8.18. The number of rotatable bonds is 6. The van der Waals surface area contributed by atoms with Crippen LogP contribution >= 0.6 is 35.0 Å². The third-order valence-electron chi connectivity index (χ3n) is 4.58. The van der Waals surface area contributed by atoms with Gasteiger partial charge in [0.2, 0.25) is 0 Å². The lowest BCUT2D eigenvalue weighted by atomic mass is 10.0. The number of phenols is 1. The third kappa shape index (κ3) is 4.94. The monoisotopic (exact) mass is 465 g/mol. The molecule has 0 saturated carbocycles. The molecule has 2 amide bonds. The second-order valence-corrected chi connectivity index (χ2v) is 9.04. The Balaban J connectivity index is 1.72. The number of carbonyl (C=O) groups is 2. The van der Waals surface area contributed by atoms with Gasteiger partial charge in [-0.1, -0.05) is 49.2 Å². The van der Waals surface area contributed by atoms with E-state index in [4.69, 9.17) is 27.9 Å². The van der Waals surface area contributed by atoms with Crippen LogP contribution in [0.5, 0.6) is 11.5 Å². The van der Waals surface area contributed by atoms with Gasteiger partial charge in [-0.3, -0.25) is 14.5 Å². The topological polar surface area (TPSA) is 66.8 Å². The van der Waals surface area contributed by atoms with Crippen molar-refractivity contribution in [1.82, 2.24) is 4.90 Å². The van der Waals surface area contributed by atoms with Crippen LogP contribution in [0.4, 0.5) is 4.79 Å². The molecule has 0 radical (unpaired) electrons. The molecule has 2 aromatic carbocycles. The number of hydrogen-bond acceptors (Lipinski definition) is 5. The van der Waals surface area contributed by atoms with Crippen molar-refractivity contribution in [2.24, 2.45) is 0 Å². The van der Waals surface area contributed by atoms with Crippen LogP contribution in [0.3, 0.4) is 0 Å². The van der Waals surface area contributed by atoms with Gasteiger partial charge in [0.1, 0.15) is 18.1 Å². The van der Waals surface area contributed by atoms with Crippen molar-refractivity contribution in [2.45, 2.75) is 26.7 Å². The van der Waals surface area contributed by atoms with Gasteiger partial charge in [0, 0.05) is 10.6 Å². The normalized spacial score (nSPS) is 15.5. The van der Waals surface area contributed by atoms with E-state index in [1.807, 2.05) is 25.1 Å². The fraction of sp³-hybridized carbons (Fsp3) is 0.273. The molecule has 1 saturated heterocycles. The number of thioether (sulfide) groups is 1. The van der Waals surface area contributed by atoms with Crippen LogP contribution in [0.25, 0.3) is 6.08 Å².